The third kappa shape index (κ3) is 6.56. The van der Waals surface area contributed by atoms with Gasteiger partial charge in [0.2, 0.25) is 5.91 Å². The molecule has 0 bridgehead atoms. The van der Waals surface area contributed by atoms with Gasteiger partial charge in [-0.15, -0.1) is 24.0 Å². The number of primary amides is 1. The molecule has 1 unspecified atom stereocenters. The van der Waals surface area contributed by atoms with Crippen molar-refractivity contribution in [2.45, 2.75) is 32.9 Å². The van der Waals surface area contributed by atoms with E-state index in [0.717, 1.165) is 43.3 Å². The van der Waals surface area contributed by atoms with E-state index in [1.807, 2.05) is 13.1 Å². The summed E-state index contributed by atoms with van der Waals surface area (Å²) in [6.07, 6.45) is 3.59. The highest BCUT2D eigenvalue weighted by atomic mass is 127. The molecule has 8 heteroatoms. The van der Waals surface area contributed by atoms with Crippen LogP contribution < -0.4 is 16.0 Å². The SMILES string of the molecule is CN=C(NCc1cccnc1N1CCCC(C(N)=O)C1)N(C)Cc1ccccc1C.I. The number of aryl methyl sites for hydroxylation is 1. The second kappa shape index (κ2) is 11.9. The van der Waals surface area contributed by atoms with Gasteiger partial charge >= 0.3 is 0 Å². The van der Waals surface area contributed by atoms with Crippen LogP contribution in [0.15, 0.2) is 47.6 Å². The van der Waals surface area contributed by atoms with E-state index < -0.39 is 0 Å². The molecule has 1 saturated heterocycles. The average molecular weight is 536 g/mol. The number of hydrogen-bond donors (Lipinski definition) is 2. The topological polar surface area (TPSA) is 86.9 Å². The highest BCUT2D eigenvalue weighted by Gasteiger charge is 2.26. The summed E-state index contributed by atoms with van der Waals surface area (Å²) in [7, 11) is 3.83. The van der Waals surface area contributed by atoms with Crippen molar-refractivity contribution in [3.63, 3.8) is 0 Å². The first-order chi connectivity index (χ1) is 14.5. The van der Waals surface area contributed by atoms with Crippen molar-refractivity contribution in [3.05, 3.63) is 59.3 Å². The van der Waals surface area contributed by atoms with Crippen molar-refractivity contribution in [2.24, 2.45) is 16.6 Å². The number of nitrogens with two attached hydrogens (primary N) is 1. The number of pyridine rings is 1. The van der Waals surface area contributed by atoms with Gasteiger partial charge in [-0.1, -0.05) is 30.3 Å². The number of hydrogen-bond acceptors (Lipinski definition) is 4. The summed E-state index contributed by atoms with van der Waals surface area (Å²) in [5.74, 6) is 1.39. The maximum atomic E-state index is 11.7. The summed E-state index contributed by atoms with van der Waals surface area (Å²) >= 11 is 0. The minimum atomic E-state index is -0.228. The van der Waals surface area contributed by atoms with Gasteiger partial charge in [-0.25, -0.2) is 4.98 Å². The highest BCUT2D eigenvalue weighted by molar-refractivity contribution is 14.0. The molecule has 1 aliphatic rings. The largest absolute Gasteiger partial charge is 0.369 e. The van der Waals surface area contributed by atoms with Gasteiger partial charge in [0, 0.05) is 52.0 Å². The van der Waals surface area contributed by atoms with Gasteiger partial charge in [0.25, 0.3) is 0 Å². The Morgan fingerprint density at radius 1 is 1.29 bits per heavy atom. The Morgan fingerprint density at radius 3 is 2.74 bits per heavy atom. The number of piperidine rings is 1. The Morgan fingerprint density at radius 2 is 2.03 bits per heavy atom. The second-order valence-corrected chi connectivity index (χ2v) is 7.86. The van der Waals surface area contributed by atoms with Gasteiger partial charge in [0.15, 0.2) is 5.96 Å². The minimum absolute atomic E-state index is 0. The van der Waals surface area contributed by atoms with Crippen molar-refractivity contribution in [2.75, 3.05) is 32.1 Å². The molecular weight excluding hydrogens is 503 g/mol. The highest BCUT2D eigenvalue weighted by Crippen LogP contribution is 2.24. The summed E-state index contributed by atoms with van der Waals surface area (Å²) in [5.41, 5.74) is 9.17. The number of amides is 1. The van der Waals surface area contributed by atoms with Gasteiger partial charge in [-0.2, -0.15) is 0 Å². The molecule has 2 aromatic rings. The summed E-state index contributed by atoms with van der Waals surface area (Å²) in [6.45, 7) is 5.01. The smallest absolute Gasteiger partial charge is 0.222 e. The molecule has 1 aromatic carbocycles. The lowest BCUT2D eigenvalue weighted by atomic mass is 9.97. The lowest BCUT2D eigenvalue weighted by molar-refractivity contribution is -0.122. The zero-order valence-corrected chi connectivity index (χ0v) is 20.9. The molecule has 0 radical (unpaired) electrons. The van der Waals surface area contributed by atoms with Crippen molar-refractivity contribution in [1.29, 1.82) is 0 Å². The number of halogens is 1. The number of benzene rings is 1. The molecule has 1 aromatic heterocycles. The van der Waals surface area contributed by atoms with Crippen molar-refractivity contribution in [1.82, 2.24) is 15.2 Å². The average Bonchev–Trinajstić information content (AvgIpc) is 2.76. The van der Waals surface area contributed by atoms with Crippen LogP contribution in [0.3, 0.4) is 0 Å². The molecule has 7 nitrogen and oxygen atoms in total. The summed E-state index contributed by atoms with van der Waals surface area (Å²) in [6, 6.07) is 12.4. The first-order valence-electron chi connectivity index (χ1n) is 10.4. The Hall–Kier alpha value is -2.36. The summed E-state index contributed by atoms with van der Waals surface area (Å²) in [4.78, 5) is 25.0. The number of guanidine groups is 1. The van der Waals surface area contributed by atoms with E-state index in [1.165, 1.54) is 11.1 Å². The number of nitrogens with zero attached hydrogens (tertiary/aromatic N) is 4. The van der Waals surface area contributed by atoms with Crippen LogP contribution in [-0.4, -0.2) is 48.9 Å². The van der Waals surface area contributed by atoms with Crippen LogP contribution in [0, 0.1) is 12.8 Å². The van der Waals surface area contributed by atoms with Gasteiger partial charge < -0.3 is 20.9 Å². The molecule has 1 amide bonds. The van der Waals surface area contributed by atoms with Crippen molar-refractivity contribution in [3.8, 4) is 0 Å². The molecule has 1 aliphatic heterocycles. The lowest BCUT2D eigenvalue weighted by Gasteiger charge is -2.33. The van der Waals surface area contributed by atoms with Crippen LogP contribution in [0.4, 0.5) is 5.82 Å². The maximum absolute atomic E-state index is 11.7. The minimum Gasteiger partial charge on any atom is -0.369 e. The lowest BCUT2D eigenvalue weighted by Crippen LogP contribution is -2.42. The quantitative estimate of drug-likeness (QED) is 0.337. The predicted molar refractivity (Wildman–Crippen MR) is 137 cm³/mol. The standard InChI is InChI=1S/C23H32N6O.HI/c1-17-8-4-5-9-19(17)15-28(3)23(25-2)27-14-18-10-6-12-26-22(18)29-13-7-11-20(16-29)21(24)30;/h4-6,8-10,12,20H,7,11,13-16H2,1-3H3,(H2,24,30)(H,25,27);1H. The maximum Gasteiger partial charge on any atom is 0.222 e. The third-order valence-electron chi connectivity index (χ3n) is 5.67. The van der Waals surface area contributed by atoms with Gasteiger partial charge in [-0.05, 0) is 37.0 Å². The van der Waals surface area contributed by atoms with Crippen LogP contribution >= 0.6 is 24.0 Å². The predicted octanol–water partition coefficient (Wildman–Crippen LogP) is 2.92. The van der Waals surface area contributed by atoms with E-state index in [4.69, 9.17) is 5.73 Å². The Bertz CT molecular complexity index is 903. The van der Waals surface area contributed by atoms with Gasteiger partial charge in [-0.3, -0.25) is 9.79 Å². The van der Waals surface area contributed by atoms with Gasteiger partial charge in [0.05, 0.1) is 5.92 Å². The zero-order valence-electron chi connectivity index (χ0n) is 18.5. The van der Waals surface area contributed by atoms with E-state index >= 15 is 0 Å². The Kier molecular flexibility index (Phi) is 9.54. The molecule has 3 N–H and O–H groups in total. The fourth-order valence-corrected chi connectivity index (χ4v) is 3.93. The second-order valence-electron chi connectivity index (χ2n) is 7.86. The summed E-state index contributed by atoms with van der Waals surface area (Å²) in [5, 5.41) is 3.46. The zero-order chi connectivity index (χ0) is 21.5. The number of nitrogens with one attached hydrogen (secondary N) is 1. The van der Waals surface area contributed by atoms with E-state index in [2.05, 4.69) is 62.3 Å². The first-order valence-corrected chi connectivity index (χ1v) is 10.4. The fraction of sp³-hybridized carbons (Fsp3) is 0.435. The third-order valence-corrected chi connectivity index (χ3v) is 5.67. The molecule has 168 valence electrons. The molecule has 3 rings (SSSR count). The summed E-state index contributed by atoms with van der Waals surface area (Å²) < 4.78 is 0. The molecule has 0 aliphatic carbocycles. The molecule has 1 fully saturated rings. The van der Waals surface area contributed by atoms with Crippen LogP contribution in [0.1, 0.15) is 29.5 Å². The molecular formula is C23H33IN6O. The number of rotatable bonds is 6. The number of carbonyl (C=O) groups excluding carboxylic acids is 1. The van der Waals surface area contributed by atoms with Crippen LogP contribution in [0.2, 0.25) is 0 Å². The Labute approximate surface area is 202 Å². The number of aromatic nitrogens is 1. The molecule has 0 saturated carbocycles. The van der Waals surface area contributed by atoms with E-state index in [-0.39, 0.29) is 35.8 Å². The van der Waals surface area contributed by atoms with Crippen LogP contribution in [0.25, 0.3) is 0 Å². The first kappa shape index (κ1) is 24.9. The van der Waals surface area contributed by atoms with Crippen LogP contribution in [-0.2, 0) is 17.9 Å². The van der Waals surface area contributed by atoms with Crippen molar-refractivity contribution < 1.29 is 4.79 Å². The molecule has 2 heterocycles. The van der Waals surface area contributed by atoms with E-state index in [1.54, 1.807) is 13.2 Å². The normalized spacial score (nSPS) is 16.4. The number of carbonyl (C=O) groups is 1. The molecule has 1 atom stereocenters. The molecule has 0 spiro atoms. The number of anilines is 1. The van der Waals surface area contributed by atoms with Crippen LogP contribution in [0.5, 0.6) is 0 Å². The van der Waals surface area contributed by atoms with E-state index in [0.29, 0.717) is 13.1 Å². The monoisotopic (exact) mass is 536 g/mol. The van der Waals surface area contributed by atoms with Gasteiger partial charge in [0.1, 0.15) is 5.82 Å². The number of aliphatic imine (C=N–C) groups is 1. The fourth-order valence-electron chi connectivity index (χ4n) is 3.93. The van der Waals surface area contributed by atoms with E-state index in [9.17, 15) is 4.79 Å². The molecule has 31 heavy (non-hydrogen) atoms. The van der Waals surface area contributed by atoms with Crippen molar-refractivity contribution >= 4 is 41.7 Å². The Balaban J connectivity index is 0.00000341.